The highest BCUT2D eigenvalue weighted by molar-refractivity contribution is 6.16. The van der Waals surface area contributed by atoms with Crippen LogP contribution in [-0.4, -0.2) is 40.8 Å². The van der Waals surface area contributed by atoms with Crippen LogP contribution in [-0.2, 0) is 16.2 Å². The van der Waals surface area contributed by atoms with Gasteiger partial charge in [-0.1, -0.05) is 18.2 Å². The molecule has 0 atom stereocenters. The second-order valence-corrected chi connectivity index (χ2v) is 8.65. The van der Waals surface area contributed by atoms with E-state index in [4.69, 9.17) is 9.47 Å². The van der Waals surface area contributed by atoms with Gasteiger partial charge in [-0.2, -0.15) is 0 Å². The zero-order valence-electron chi connectivity index (χ0n) is 21.3. The molecule has 11 nitrogen and oxygen atoms in total. The van der Waals surface area contributed by atoms with E-state index in [0.29, 0.717) is 29.4 Å². The number of anilines is 1. The van der Waals surface area contributed by atoms with Gasteiger partial charge in [-0.25, -0.2) is 9.69 Å². The van der Waals surface area contributed by atoms with Crippen LogP contribution in [0.1, 0.15) is 23.6 Å². The Kier molecular flexibility index (Phi) is 8.20. The molecule has 1 saturated heterocycles. The fourth-order valence-corrected chi connectivity index (χ4v) is 3.83. The van der Waals surface area contributed by atoms with Gasteiger partial charge in [0.1, 0.15) is 18.8 Å². The first kappa shape index (κ1) is 26.9. The maximum Gasteiger partial charge on any atom is 0.329 e. The summed E-state index contributed by atoms with van der Waals surface area (Å²) in [6.07, 6.45) is 1.49. The number of urea groups is 1. The van der Waals surface area contributed by atoms with Crippen LogP contribution in [0.5, 0.6) is 11.5 Å². The summed E-state index contributed by atoms with van der Waals surface area (Å²) in [5, 5.41) is 16.0. The minimum Gasteiger partial charge on any atom is -0.490 e. The Morgan fingerprint density at radius 2 is 1.82 bits per heavy atom. The molecule has 1 aliphatic rings. The number of amides is 4. The molecule has 3 aromatic rings. The van der Waals surface area contributed by atoms with Crippen molar-refractivity contribution in [2.75, 3.05) is 18.5 Å². The molecule has 0 spiro atoms. The number of nitro groups is 1. The van der Waals surface area contributed by atoms with Crippen LogP contribution in [0.3, 0.4) is 0 Å². The Morgan fingerprint density at radius 1 is 1.05 bits per heavy atom. The number of hydrogen-bond donors (Lipinski definition) is 2. The molecule has 0 saturated carbocycles. The Balaban J connectivity index is 1.43. The summed E-state index contributed by atoms with van der Waals surface area (Å²) in [6.45, 7) is 3.78. The number of nitrogens with zero attached hydrogens (tertiary/aromatic N) is 2. The number of ether oxygens (including phenoxy) is 2. The van der Waals surface area contributed by atoms with Crippen LogP contribution in [0.25, 0.3) is 6.08 Å². The number of rotatable bonds is 10. The van der Waals surface area contributed by atoms with Gasteiger partial charge < -0.3 is 20.1 Å². The number of nitrogens with one attached hydrogen (secondary N) is 2. The minimum absolute atomic E-state index is 0.00910. The lowest BCUT2D eigenvalue weighted by Gasteiger charge is -2.13. The quantitative estimate of drug-likeness (QED) is 0.171. The molecule has 4 rings (SSSR count). The second-order valence-electron chi connectivity index (χ2n) is 8.65. The summed E-state index contributed by atoms with van der Waals surface area (Å²) in [5.74, 6) is -0.275. The average molecular weight is 531 g/mol. The van der Waals surface area contributed by atoms with Gasteiger partial charge in [0.05, 0.1) is 11.5 Å². The third-order valence-electron chi connectivity index (χ3n) is 5.69. The van der Waals surface area contributed by atoms with Crippen molar-refractivity contribution in [2.45, 2.75) is 20.5 Å². The molecule has 200 valence electrons. The average Bonchev–Trinajstić information content (AvgIpc) is 3.15. The maximum atomic E-state index is 12.9. The lowest BCUT2D eigenvalue weighted by molar-refractivity contribution is -0.384. The largest absolute Gasteiger partial charge is 0.490 e. The number of benzene rings is 3. The Labute approximate surface area is 224 Å². The normalized spacial score (nSPS) is 13.8. The summed E-state index contributed by atoms with van der Waals surface area (Å²) in [4.78, 5) is 48.9. The van der Waals surface area contributed by atoms with E-state index in [-0.39, 0.29) is 18.0 Å². The van der Waals surface area contributed by atoms with Crippen molar-refractivity contribution < 1.29 is 28.8 Å². The van der Waals surface area contributed by atoms with Gasteiger partial charge >= 0.3 is 6.03 Å². The second kappa shape index (κ2) is 11.9. The fraction of sp³-hybridized carbons (Fsp3) is 0.179. The molecule has 1 heterocycles. The molecule has 0 aliphatic carbocycles. The zero-order chi connectivity index (χ0) is 27.9. The number of non-ortho nitro benzene ring substituents is 1. The topological polar surface area (TPSA) is 140 Å². The first-order chi connectivity index (χ1) is 18.7. The lowest BCUT2D eigenvalue weighted by Crippen LogP contribution is -2.38. The Morgan fingerprint density at radius 3 is 2.51 bits per heavy atom. The van der Waals surface area contributed by atoms with Gasteiger partial charge in [0.15, 0.2) is 11.5 Å². The molecule has 0 aromatic heterocycles. The molecule has 3 aromatic carbocycles. The third kappa shape index (κ3) is 6.77. The summed E-state index contributed by atoms with van der Waals surface area (Å²) in [5.41, 5.74) is 2.84. The van der Waals surface area contributed by atoms with Crippen molar-refractivity contribution in [3.05, 3.63) is 99.2 Å². The summed E-state index contributed by atoms with van der Waals surface area (Å²) >= 11 is 0. The SMILES string of the molecule is CCOc1cc(/C=C2/NC(=O)N(CC(=O)Nc3cccc(C)c3)C2=O)ccc1OCc1ccc([N+](=O)[O-])cc1. The fourth-order valence-electron chi connectivity index (χ4n) is 3.83. The van der Waals surface area contributed by atoms with Crippen LogP contribution in [0.2, 0.25) is 0 Å². The first-order valence-corrected chi connectivity index (χ1v) is 12.1. The first-order valence-electron chi connectivity index (χ1n) is 12.1. The molecule has 4 amide bonds. The molecular formula is C28H26N4O7. The van der Waals surface area contributed by atoms with Gasteiger partial charge in [-0.15, -0.1) is 0 Å². The number of carbonyl (C=O) groups excluding carboxylic acids is 3. The predicted molar refractivity (Wildman–Crippen MR) is 143 cm³/mol. The highest BCUT2D eigenvalue weighted by Crippen LogP contribution is 2.30. The van der Waals surface area contributed by atoms with E-state index in [1.54, 1.807) is 48.5 Å². The van der Waals surface area contributed by atoms with E-state index in [9.17, 15) is 24.5 Å². The van der Waals surface area contributed by atoms with Crippen molar-refractivity contribution in [1.29, 1.82) is 0 Å². The van der Waals surface area contributed by atoms with E-state index < -0.39 is 29.3 Å². The lowest BCUT2D eigenvalue weighted by atomic mass is 10.1. The van der Waals surface area contributed by atoms with Gasteiger partial charge in [0, 0.05) is 17.8 Å². The van der Waals surface area contributed by atoms with E-state index >= 15 is 0 Å². The van der Waals surface area contributed by atoms with Gasteiger partial charge in [0.25, 0.3) is 11.6 Å². The predicted octanol–water partition coefficient (Wildman–Crippen LogP) is 4.41. The summed E-state index contributed by atoms with van der Waals surface area (Å²) in [7, 11) is 0. The van der Waals surface area contributed by atoms with Crippen LogP contribution >= 0.6 is 0 Å². The van der Waals surface area contributed by atoms with Gasteiger partial charge in [-0.05, 0) is 73.0 Å². The van der Waals surface area contributed by atoms with Gasteiger partial charge in [-0.3, -0.25) is 19.7 Å². The molecule has 1 fully saturated rings. The van der Waals surface area contributed by atoms with Crippen LogP contribution < -0.4 is 20.1 Å². The number of nitro benzene ring substituents is 1. The number of aryl methyl sites for hydroxylation is 1. The Hall–Kier alpha value is -5.19. The van der Waals surface area contributed by atoms with E-state index in [0.717, 1.165) is 16.0 Å². The molecule has 0 radical (unpaired) electrons. The third-order valence-corrected chi connectivity index (χ3v) is 5.69. The van der Waals surface area contributed by atoms with Crippen LogP contribution in [0.15, 0.2) is 72.4 Å². The smallest absolute Gasteiger partial charge is 0.329 e. The molecule has 39 heavy (non-hydrogen) atoms. The van der Waals surface area contributed by atoms with E-state index in [2.05, 4.69) is 10.6 Å². The Bertz CT molecular complexity index is 1450. The maximum absolute atomic E-state index is 12.9. The summed E-state index contributed by atoms with van der Waals surface area (Å²) < 4.78 is 11.5. The highest BCUT2D eigenvalue weighted by Gasteiger charge is 2.35. The number of carbonyl (C=O) groups is 3. The van der Waals surface area contributed by atoms with E-state index in [1.165, 1.54) is 18.2 Å². The van der Waals surface area contributed by atoms with Crippen molar-refractivity contribution in [3.8, 4) is 11.5 Å². The number of hydrogen-bond acceptors (Lipinski definition) is 7. The van der Waals surface area contributed by atoms with Crippen molar-refractivity contribution >= 4 is 35.3 Å². The molecule has 2 N–H and O–H groups in total. The van der Waals surface area contributed by atoms with Crippen LogP contribution in [0.4, 0.5) is 16.2 Å². The molecule has 0 bridgehead atoms. The van der Waals surface area contributed by atoms with Gasteiger partial charge in [0.2, 0.25) is 5.91 Å². The molecular weight excluding hydrogens is 504 g/mol. The zero-order valence-corrected chi connectivity index (χ0v) is 21.3. The van der Waals surface area contributed by atoms with E-state index in [1.807, 2.05) is 19.9 Å². The molecule has 11 heteroatoms. The van der Waals surface area contributed by atoms with Crippen LogP contribution in [0, 0.1) is 17.0 Å². The standard InChI is InChI=1S/C28H26N4O7/c1-3-38-25-15-20(9-12-24(25)39-17-19-7-10-22(11-8-19)32(36)37)14-23-27(34)31(28(35)30-23)16-26(33)29-21-6-4-5-18(2)13-21/h4-15H,3,16-17H2,1-2H3,(H,29,33)(H,30,35)/b23-14+. The summed E-state index contributed by atoms with van der Waals surface area (Å²) in [6, 6.07) is 17.5. The minimum atomic E-state index is -0.696. The molecule has 1 aliphatic heterocycles. The van der Waals surface area contributed by atoms with Crippen molar-refractivity contribution in [3.63, 3.8) is 0 Å². The van der Waals surface area contributed by atoms with Crippen molar-refractivity contribution in [2.24, 2.45) is 0 Å². The highest BCUT2D eigenvalue weighted by atomic mass is 16.6. The van der Waals surface area contributed by atoms with Crippen molar-refractivity contribution in [1.82, 2.24) is 10.2 Å². The molecule has 0 unspecified atom stereocenters. The number of imide groups is 1. The monoisotopic (exact) mass is 530 g/mol.